The molecular weight excluding hydrogens is 324 g/mol. The fourth-order valence-corrected chi connectivity index (χ4v) is 4.41. The van der Waals surface area contributed by atoms with Crippen molar-refractivity contribution in [2.75, 3.05) is 18.1 Å². The highest BCUT2D eigenvalue weighted by molar-refractivity contribution is 7.92. The summed E-state index contributed by atoms with van der Waals surface area (Å²) in [4.78, 5) is 10.5. The molecule has 8 heteroatoms. The summed E-state index contributed by atoms with van der Waals surface area (Å²) in [6, 6.07) is 1.13. The molecule has 6 nitrogen and oxygen atoms in total. The molecule has 0 fully saturated rings. The number of thiophene rings is 1. The van der Waals surface area contributed by atoms with Crippen LogP contribution in [0.15, 0.2) is 21.9 Å². The molecular formula is C14H20N2O4S2. The number of anilines is 1. The van der Waals surface area contributed by atoms with Gasteiger partial charge in [0.15, 0.2) is 14.8 Å². The molecule has 0 unspecified atom stereocenters. The van der Waals surface area contributed by atoms with Crippen LogP contribution in [0.2, 0.25) is 0 Å². The summed E-state index contributed by atoms with van der Waals surface area (Å²) >= 11 is 0.925. The van der Waals surface area contributed by atoms with Gasteiger partial charge in [-0.25, -0.2) is 8.42 Å². The minimum Gasteiger partial charge on any atom is -0.371 e. The third kappa shape index (κ3) is 4.54. The molecule has 1 aliphatic rings. The molecule has 0 bridgehead atoms. The van der Waals surface area contributed by atoms with Gasteiger partial charge in [-0.3, -0.25) is 10.1 Å². The lowest BCUT2D eigenvalue weighted by Gasteiger charge is -2.06. The Morgan fingerprint density at radius 1 is 1.36 bits per heavy atom. The van der Waals surface area contributed by atoms with E-state index in [9.17, 15) is 18.5 Å². The molecule has 0 aromatic carbocycles. The van der Waals surface area contributed by atoms with Crippen LogP contribution in [0.3, 0.4) is 0 Å². The van der Waals surface area contributed by atoms with Crippen LogP contribution in [-0.2, 0) is 9.84 Å². The monoisotopic (exact) mass is 344 g/mol. The summed E-state index contributed by atoms with van der Waals surface area (Å²) in [5, 5.41) is 14.4. The van der Waals surface area contributed by atoms with Gasteiger partial charge in [-0.05, 0) is 32.1 Å². The van der Waals surface area contributed by atoms with E-state index in [0.29, 0.717) is 11.5 Å². The molecule has 1 aromatic rings. The third-order valence-electron chi connectivity index (χ3n) is 3.62. The quantitative estimate of drug-likeness (QED) is 0.482. The number of nitrogens with one attached hydrogen (secondary N) is 1. The van der Waals surface area contributed by atoms with Crippen LogP contribution in [0, 0.1) is 10.1 Å². The van der Waals surface area contributed by atoms with Crippen LogP contribution < -0.4 is 5.32 Å². The molecule has 0 saturated heterocycles. The van der Waals surface area contributed by atoms with Crippen molar-refractivity contribution in [1.82, 2.24) is 0 Å². The molecule has 0 atom stereocenters. The second-order valence-electron chi connectivity index (χ2n) is 5.45. The first-order valence-corrected chi connectivity index (χ1v) is 9.99. The van der Waals surface area contributed by atoms with Gasteiger partial charge in [0.25, 0.3) is 0 Å². The van der Waals surface area contributed by atoms with Crippen LogP contribution in [0.1, 0.15) is 38.5 Å². The normalized spacial score (nSPS) is 16.0. The molecule has 0 aliphatic heterocycles. The van der Waals surface area contributed by atoms with Crippen molar-refractivity contribution in [3.8, 4) is 0 Å². The van der Waals surface area contributed by atoms with E-state index in [1.165, 1.54) is 24.8 Å². The predicted molar refractivity (Wildman–Crippen MR) is 88.4 cm³/mol. The predicted octanol–water partition coefficient (Wildman–Crippen LogP) is 3.75. The Kier molecular flexibility index (Phi) is 5.57. The summed E-state index contributed by atoms with van der Waals surface area (Å²) in [5.41, 5.74) is 1.22. The van der Waals surface area contributed by atoms with Gasteiger partial charge in [0.2, 0.25) is 0 Å². The topological polar surface area (TPSA) is 89.3 Å². The lowest BCUT2D eigenvalue weighted by atomic mass is 10.1. The zero-order chi connectivity index (χ0) is 16.2. The average molecular weight is 344 g/mol. The minimum atomic E-state index is -3.43. The average Bonchev–Trinajstić information content (AvgIpc) is 2.70. The van der Waals surface area contributed by atoms with E-state index >= 15 is 0 Å². The van der Waals surface area contributed by atoms with Gasteiger partial charge in [-0.2, -0.15) is 0 Å². The van der Waals surface area contributed by atoms with Crippen molar-refractivity contribution in [2.24, 2.45) is 0 Å². The summed E-state index contributed by atoms with van der Waals surface area (Å²) in [5.74, 6) is 0. The van der Waals surface area contributed by atoms with Crippen LogP contribution in [0.25, 0.3) is 0 Å². The van der Waals surface area contributed by atoms with Crippen LogP contribution in [0.5, 0.6) is 0 Å². The summed E-state index contributed by atoms with van der Waals surface area (Å²) in [7, 11) is -3.43. The molecule has 0 amide bonds. The highest BCUT2D eigenvalue weighted by atomic mass is 32.2. The molecule has 1 aromatic heterocycles. The second kappa shape index (κ2) is 7.23. The number of nitro groups is 1. The first kappa shape index (κ1) is 17.0. The van der Waals surface area contributed by atoms with E-state index in [1.807, 2.05) is 0 Å². The first-order valence-electron chi connectivity index (χ1n) is 7.28. The number of allylic oxidation sites excluding steroid dienone is 1. The maximum atomic E-state index is 11.5. The molecule has 0 spiro atoms. The van der Waals surface area contributed by atoms with Gasteiger partial charge in [-0.1, -0.05) is 29.4 Å². The molecule has 122 valence electrons. The van der Waals surface area contributed by atoms with Crippen molar-refractivity contribution in [1.29, 1.82) is 0 Å². The fourth-order valence-electron chi connectivity index (χ4n) is 2.45. The van der Waals surface area contributed by atoms with Gasteiger partial charge in [0, 0.05) is 18.9 Å². The number of hydrogen-bond acceptors (Lipinski definition) is 6. The lowest BCUT2D eigenvalue weighted by molar-refractivity contribution is -0.383. The molecule has 1 aliphatic carbocycles. The zero-order valence-electron chi connectivity index (χ0n) is 12.5. The Bertz CT molecular complexity index is 677. The Hall–Kier alpha value is -1.41. The molecule has 0 radical (unpaired) electrons. The van der Waals surface area contributed by atoms with Gasteiger partial charge in [-0.15, -0.1) is 0 Å². The Labute approximate surface area is 134 Å². The van der Waals surface area contributed by atoms with Crippen molar-refractivity contribution in [2.45, 2.75) is 42.7 Å². The number of nitrogens with zero attached hydrogens (tertiary/aromatic N) is 1. The van der Waals surface area contributed by atoms with E-state index in [4.69, 9.17) is 0 Å². The van der Waals surface area contributed by atoms with Crippen molar-refractivity contribution < 1.29 is 13.3 Å². The third-order valence-corrected chi connectivity index (χ3v) is 6.50. The fraction of sp³-hybridized carbons (Fsp3) is 0.571. The van der Waals surface area contributed by atoms with E-state index in [2.05, 4.69) is 11.4 Å². The summed E-state index contributed by atoms with van der Waals surface area (Å²) < 4.78 is 23.1. The number of sulfone groups is 1. The molecule has 1 heterocycles. The van der Waals surface area contributed by atoms with Crippen LogP contribution in [-0.4, -0.2) is 26.1 Å². The van der Waals surface area contributed by atoms with E-state index in [0.717, 1.165) is 42.9 Å². The Morgan fingerprint density at radius 3 is 2.82 bits per heavy atom. The Morgan fingerprint density at radius 2 is 2.14 bits per heavy atom. The summed E-state index contributed by atoms with van der Waals surface area (Å²) in [6.07, 6.45) is 10.0. The second-order valence-corrected chi connectivity index (χ2v) is 8.74. The Balaban J connectivity index is 2.04. The number of rotatable bonds is 6. The number of hydrogen-bond donors (Lipinski definition) is 1. The first-order chi connectivity index (χ1) is 10.4. The summed E-state index contributed by atoms with van der Waals surface area (Å²) in [6.45, 7) is 0.580. The van der Waals surface area contributed by atoms with Crippen molar-refractivity contribution >= 4 is 31.9 Å². The standard InChI is InChI=1S/C14H20N2O4S2/c1-22(19,20)13-10-12(16(17)18)14(21-13)15-9-8-11-6-4-2-3-5-7-11/h6,10,15H,2-5,7-9H2,1H3. The van der Waals surface area contributed by atoms with Gasteiger partial charge < -0.3 is 5.32 Å². The molecule has 0 saturated carbocycles. The highest BCUT2D eigenvalue weighted by Crippen LogP contribution is 2.37. The molecule has 1 N–H and O–H groups in total. The van der Waals surface area contributed by atoms with E-state index in [-0.39, 0.29) is 9.90 Å². The minimum absolute atomic E-state index is 0.0235. The van der Waals surface area contributed by atoms with Crippen molar-refractivity contribution in [3.63, 3.8) is 0 Å². The molecule has 2 rings (SSSR count). The van der Waals surface area contributed by atoms with Crippen LogP contribution in [0.4, 0.5) is 10.7 Å². The van der Waals surface area contributed by atoms with E-state index in [1.54, 1.807) is 0 Å². The van der Waals surface area contributed by atoms with Gasteiger partial charge in [0.1, 0.15) is 4.21 Å². The maximum absolute atomic E-state index is 11.5. The molecule has 22 heavy (non-hydrogen) atoms. The van der Waals surface area contributed by atoms with E-state index < -0.39 is 14.8 Å². The zero-order valence-corrected chi connectivity index (χ0v) is 14.1. The largest absolute Gasteiger partial charge is 0.371 e. The van der Waals surface area contributed by atoms with Gasteiger partial charge in [0.05, 0.1) is 4.92 Å². The SMILES string of the molecule is CS(=O)(=O)c1cc([N+](=O)[O-])c(NCCC2=CCCCCC2)s1. The van der Waals surface area contributed by atoms with Crippen LogP contribution >= 0.6 is 11.3 Å². The van der Waals surface area contributed by atoms with Crippen molar-refractivity contribution in [3.05, 3.63) is 27.8 Å². The maximum Gasteiger partial charge on any atom is 0.304 e. The lowest BCUT2D eigenvalue weighted by Crippen LogP contribution is -2.03. The smallest absolute Gasteiger partial charge is 0.304 e. The highest BCUT2D eigenvalue weighted by Gasteiger charge is 2.23. The van der Waals surface area contributed by atoms with Gasteiger partial charge >= 0.3 is 5.69 Å².